The molecule has 1 aromatic heterocycles. The molecule has 2 atom stereocenters. The number of nitrogens with two attached hydrogens (primary N) is 1. The predicted octanol–water partition coefficient (Wildman–Crippen LogP) is 3.34. The van der Waals surface area contributed by atoms with Crippen molar-refractivity contribution in [2.24, 2.45) is 17.1 Å². The molecule has 0 radical (unpaired) electrons. The second-order valence-corrected chi connectivity index (χ2v) is 7.54. The number of hydrogen-bond acceptors (Lipinski definition) is 4. The molecular weight excluding hydrogens is 242 g/mol. The highest BCUT2D eigenvalue weighted by Gasteiger charge is 2.33. The number of anilines is 1. The third kappa shape index (κ3) is 2.69. The van der Waals surface area contributed by atoms with Gasteiger partial charge in [-0.05, 0) is 31.6 Å². The van der Waals surface area contributed by atoms with Crippen molar-refractivity contribution in [3.05, 3.63) is 10.6 Å². The lowest BCUT2D eigenvalue weighted by molar-refractivity contribution is 0.263. The predicted molar refractivity (Wildman–Crippen MR) is 79.2 cm³/mol. The number of rotatable bonds is 2. The van der Waals surface area contributed by atoms with Crippen LogP contribution in [0, 0.1) is 18.3 Å². The minimum absolute atomic E-state index is 0.0947. The summed E-state index contributed by atoms with van der Waals surface area (Å²) in [5.41, 5.74) is 7.47. The second-order valence-electron chi connectivity index (χ2n) is 6.53. The smallest absolute Gasteiger partial charge is 0.185 e. The van der Waals surface area contributed by atoms with Crippen LogP contribution in [0.1, 0.15) is 50.7 Å². The topological polar surface area (TPSA) is 42.2 Å². The molecule has 2 rings (SSSR count). The van der Waals surface area contributed by atoms with Gasteiger partial charge in [0.05, 0.1) is 5.69 Å². The molecule has 0 amide bonds. The van der Waals surface area contributed by atoms with Gasteiger partial charge in [0.1, 0.15) is 0 Å². The average molecular weight is 267 g/mol. The Bertz CT molecular complexity index is 417. The minimum atomic E-state index is 0.0947. The molecule has 0 saturated carbocycles. The Balaban J connectivity index is 2.13. The van der Waals surface area contributed by atoms with E-state index in [0.717, 1.165) is 29.8 Å². The monoisotopic (exact) mass is 267 g/mol. The first-order valence-electron chi connectivity index (χ1n) is 6.77. The fraction of sp³-hybridized carbons (Fsp3) is 0.786. The first kappa shape index (κ1) is 13.8. The largest absolute Gasteiger partial charge is 0.348 e. The highest BCUT2D eigenvalue weighted by molar-refractivity contribution is 7.15. The van der Waals surface area contributed by atoms with Gasteiger partial charge in [0.2, 0.25) is 0 Å². The van der Waals surface area contributed by atoms with Gasteiger partial charge in [0, 0.05) is 24.0 Å². The van der Waals surface area contributed by atoms with Crippen LogP contribution in [0.2, 0.25) is 0 Å². The third-order valence-electron chi connectivity index (χ3n) is 3.92. The molecule has 0 aromatic carbocycles. The van der Waals surface area contributed by atoms with Gasteiger partial charge in [-0.15, -0.1) is 11.3 Å². The molecule has 2 heterocycles. The highest BCUT2D eigenvalue weighted by Crippen LogP contribution is 2.38. The van der Waals surface area contributed by atoms with Crippen LogP contribution in [0.15, 0.2) is 0 Å². The van der Waals surface area contributed by atoms with Crippen molar-refractivity contribution in [2.75, 3.05) is 18.0 Å². The highest BCUT2D eigenvalue weighted by atomic mass is 32.1. The summed E-state index contributed by atoms with van der Waals surface area (Å²) in [7, 11) is 0. The van der Waals surface area contributed by atoms with Crippen LogP contribution in [0.4, 0.5) is 5.13 Å². The molecule has 102 valence electrons. The third-order valence-corrected chi connectivity index (χ3v) is 5.34. The Hall–Kier alpha value is -0.610. The molecular formula is C14H25N3S. The Morgan fingerprint density at radius 1 is 1.44 bits per heavy atom. The Morgan fingerprint density at radius 2 is 2.11 bits per heavy atom. The zero-order valence-electron chi connectivity index (χ0n) is 12.2. The maximum Gasteiger partial charge on any atom is 0.185 e. The maximum atomic E-state index is 5.98. The van der Waals surface area contributed by atoms with Crippen molar-refractivity contribution in [2.45, 2.75) is 47.1 Å². The van der Waals surface area contributed by atoms with Crippen LogP contribution in [-0.2, 0) is 0 Å². The summed E-state index contributed by atoms with van der Waals surface area (Å²) in [6.45, 7) is 13.4. The van der Waals surface area contributed by atoms with Gasteiger partial charge in [-0.1, -0.05) is 20.8 Å². The number of aryl methyl sites for hydroxylation is 1. The first-order valence-corrected chi connectivity index (χ1v) is 7.58. The molecule has 1 aromatic rings. The quantitative estimate of drug-likeness (QED) is 0.893. The van der Waals surface area contributed by atoms with Gasteiger partial charge in [0.15, 0.2) is 5.13 Å². The SMILES string of the molecule is Cc1nc(N2CCC(C(C)(C)C)C2)sc1C(C)N. The average Bonchev–Trinajstić information content (AvgIpc) is 2.81. The number of hydrogen-bond donors (Lipinski definition) is 1. The molecule has 0 spiro atoms. The van der Waals surface area contributed by atoms with E-state index >= 15 is 0 Å². The lowest BCUT2D eigenvalue weighted by atomic mass is 9.80. The van der Waals surface area contributed by atoms with Crippen molar-refractivity contribution in [3.63, 3.8) is 0 Å². The van der Waals surface area contributed by atoms with E-state index in [9.17, 15) is 0 Å². The normalized spacial score (nSPS) is 22.6. The Kier molecular flexibility index (Phi) is 3.70. The van der Waals surface area contributed by atoms with Gasteiger partial charge >= 0.3 is 0 Å². The lowest BCUT2D eigenvalue weighted by Crippen LogP contribution is -2.25. The van der Waals surface area contributed by atoms with Crippen LogP contribution in [0.5, 0.6) is 0 Å². The van der Waals surface area contributed by atoms with Crippen molar-refractivity contribution in [1.82, 2.24) is 4.98 Å². The van der Waals surface area contributed by atoms with Gasteiger partial charge in [0.25, 0.3) is 0 Å². The van der Waals surface area contributed by atoms with E-state index in [2.05, 4.69) is 32.6 Å². The van der Waals surface area contributed by atoms with Crippen LogP contribution >= 0.6 is 11.3 Å². The van der Waals surface area contributed by atoms with Crippen LogP contribution < -0.4 is 10.6 Å². The summed E-state index contributed by atoms with van der Waals surface area (Å²) in [4.78, 5) is 8.35. The number of aromatic nitrogens is 1. The molecule has 1 aliphatic heterocycles. The van der Waals surface area contributed by atoms with Crippen LogP contribution in [-0.4, -0.2) is 18.1 Å². The molecule has 18 heavy (non-hydrogen) atoms. The molecule has 3 nitrogen and oxygen atoms in total. The molecule has 2 unspecified atom stereocenters. The lowest BCUT2D eigenvalue weighted by Gasteiger charge is -2.26. The minimum Gasteiger partial charge on any atom is -0.348 e. The molecule has 1 fully saturated rings. The molecule has 0 bridgehead atoms. The van der Waals surface area contributed by atoms with Gasteiger partial charge in [-0.3, -0.25) is 0 Å². The van der Waals surface area contributed by atoms with E-state index in [1.165, 1.54) is 11.3 Å². The Morgan fingerprint density at radius 3 is 2.56 bits per heavy atom. The fourth-order valence-corrected chi connectivity index (χ4v) is 3.65. The number of nitrogens with zero attached hydrogens (tertiary/aromatic N) is 2. The van der Waals surface area contributed by atoms with Crippen LogP contribution in [0.25, 0.3) is 0 Å². The van der Waals surface area contributed by atoms with Crippen molar-refractivity contribution in [1.29, 1.82) is 0 Å². The Labute approximate surface area is 114 Å². The van der Waals surface area contributed by atoms with Gasteiger partial charge in [-0.2, -0.15) is 0 Å². The summed E-state index contributed by atoms with van der Waals surface area (Å²) < 4.78 is 0. The molecule has 2 N–H and O–H groups in total. The fourth-order valence-electron chi connectivity index (χ4n) is 2.59. The van der Waals surface area contributed by atoms with E-state index < -0.39 is 0 Å². The van der Waals surface area contributed by atoms with Crippen LogP contribution in [0.3, 0.4) is 0 Å². The van der Waals surface area contributed by atoms with Gasteiger partial charge < -0.3 is 10.6 Å². The molecule has 1 saturated heterocycles. The zero-order chi connectivity index (χ0) is 13.5. The van der Waals surface area contributed by atoms with E-state index in [0.29, 0.717) is 5.41 Å². The molecule has 0 aliphatic carbocycles. The van der Waals surface area contributed by atoms with E-state index in [1.54, 1.807) is 11.3 Å². The molecule has 4 heteroatoms. The standard InChI is InChI=1S/C14H25N3S/c1-9(15)12-10(2)16-13(18-12)17-7-6-11(8-17)14(3,4)5/h9,11H,6-8,15H2,1-5H3. The summed E-state index contributed by atoms with van der Waals surface area (Å²) >= 11 is 1.77. The second kappa shape index (κ2) is 4.82. The van der Waals surface area contributed by atoms with Crippen molar-refractivity contribution < 1.29 is 0 Å². The van der Waals surface area contributed by atoms with Crippen molar-refractivity contribution in [3.8, 4) is 0 Å². The maximum absolute atomic E-state index is 5.98. The van der Waals surface area contributed by atoms with E-state index in [4.69, 9.17) is 10.7 Å². The summed E-state index contributed by atoms with van der Waals surface area (Å²) in [6, 6.07) is 0.0947. The van der Waals surface area contributed by atoms with E-state index in [1.807, 2.05) is 6.92 Å². The van der Waals surface area contributed by atoms with Crippen molar-refractivity contribution >= 4 is 16.5 Å². The summed E-state index contributed by atoms with van der Waals surface area (Å²) in [5, 5.41) is 1.16. The summed E-state index contributed by atoms with van der Waals surface area (Å²) in [5.74, 6) is 0.764. The van der Waals surface area contributed by atoms with E-state index in [-0.39, 0.29) is 6.04 Å². The first-order chi connectivity index (χ1) is 8.29. The van der Waals surface area contributed by atoms with Gasteiger partial charge in [-0.25, -0.2) is 4.98 Å². The zero-order valence-corrected chi connectivity index (χ0v) is 13.0. The number of thiazole rings is 1. The molecule has 1 aliphatic rings. The summed E-state index contributed by atoms with van der Waals surface area (Å²) in [6.07, 6.45) is 1.27.